The Morgan fingerprint density at radius 2 is 1.95 bits per heavy atom. The van der Waals surface area contributed by atoms with Crippen molar-refractivity contribution >= 4 is 11.9 Å². The Labute approximate surface area is 111 Å². The van der Waals surface area contributed by atoms with Gasteiger partial charge in [0.05, 0.1) is 0 Å². The fourth-order valence-corrected chi connectivity index (χ4v) is 2.38. The van der Waals surface area contributed by atoms with Gasteiger partial charge in [-0.05, 0) is 37.0 Å². The van der Waals surface area contributed by atoms with Crippen LogP contribution in [0.4, 0.5) is 0 Å². The van der Waals surface area contributed by atoms with Gasteiger partial charge in [0.25, 0.3) is 0 Å². The molecule has 1 aliphatic rings. The molecular weight excluding hydrogens is 246 g/mol. The summed E-state index contributed by atoms with van der Waals surface area (Å²) in [5, 5.41) is 18.2. The summed E-state index contributed by atoms with van der Waals surface area (Å²) in [5.74, 6) is -0.839. The van der Waals surface area contributed by atoms with Crippen molar-refractivity contribution in [3.8, 4) is 5.75 Å². The third-order valence-electron chi connectivity index (χ3n) is 3.42. The summed E-state index contributed by atoms with van der Waals surface area (Å²) >= 11 is 0. The maximum absolute atomic E-state index is 12.0. The molecule has 19 heavy (non-hydrogen) atoms. The largest absolute Gasteiger partial charge is 0.508 e. The Balaban J connectivity index is 1.90. The van der Waals surface area contributed by atoms with E-state index in [2.05, 4.69) is 0 Å². The Morgan fingerprint density at radius 1 is 1.26 bits per heavy atom. The highest BCUT2D eigenvalue weighted by Crippen LogP contribution is 2.19. The van der Waals surface area contributed by atoms with Crippen molar-refractivity contribution in [3.05, 3.63) is 29.8 Å². The van der Waals surface area contributed by atoms with Crippen molar-refractivity contribution in [3.63, 3.8) is 0 Å². The van der Waals surface area contributed by atoms with Gasteiger partial charge in [-0.3, -0.25) is 4.79 Å². The summed E-state index contributed by atoms with van der Waals surface area (Å²) in [5.41, 5.74) is 0.956. The van der Waals surface area contributed by atoms with Gasteiger partial charge >= 0.3 is 5.97 Å². The third-order valence-corrected chi connectivity index (χ3v) is 3.42. The Kier molecular flexibility index (Phi) is 4.04. The van der Waals surface area contributed by atoms with E-state index in [0.717, 1.165) is 12.0 Å². The van der Waals surface area contributed by atoms with Gasteiger partial charge in [0, 0.05) is 13.0 Å². The average molecular weight is 263 g/mol. The molecule has 1 unspecified atom stereocenters. The van der Waals surface area contributed by atoms with E-state index in [1.54, 1.807) is 24.3 Å². The van der Waals surface area contributed by atoms with E-state index in [0.29, 0.717) is 25.8 Å². The van der Waals surface area contributed by atoms with Gasteiger partial charge in [0.15, 0.2) is 0 Å². The molecule has 2 N–H and O–H groups in total. The molecule has 0 aliphatic carbocycles. The van der Waals surface area contributed by atoms with E-state index in [9.17, 15) is 9.59 Å². The van der Waals surface area contributed by atoms with Crippen LogP contribution < -0.4 is 0 Å². The van der Waals surface area contributed by atoms with Crippen LogP contribution in [-0.2, 0) is 16.0 Å². The fraction of sp³-hybridized carbons (Fsp3) is 0.429. The van der Waals surface area contributed by atoms with Gasteiger partial charge in [-0.2, -0.15) is 0 Å². The highest BCUT2D eigenvalue weighted by Gasteiger charge is 2.33. The number of carboxylic acid groups (broad SMARTS) is 1. The number of rotatable bonds is 4. The molecule has 2 rings (SSSR count). The lowest BCUT2D eigenvalue weighted by molar-refractivity contribution is -0.148. The van der Waals surface area contributed by atoms with Gasteiger partial charge < -0.3 is 15.1 Å². The maximum atomic E-state index is 12.0. The first-order chi connectivity index (χ1) is 9.08. The minimum Gasteiger partial charge on any atom is -0.508 e. The van der Waals surface area contributed by atoms with E-state index >= 15 is 0 Å². The minimum atomic E-state index is -0.921. The monoisotopic (exact) mass is 263 g/mol. The zero-order valence-electron chi connectivity index (χ0n) is 10.6. The second-order valence-electron chi connectivity index (χ2n) is 4.75. The van der Waals surface area contributed by atoms with Crippen LogP contribution in [0.3, 0.4) is 0 Å². The summed E-state index contributed by atoms with van der Waals surface area (Å²) in [7, 11) is 0. The molecule has 0 aromatic heterocycles. The molecule has 1 aromatic carbocycles. The normalized spacial score (nSPS) is 18.5. The highest BCUT2D eigenvalue weighted by molar-refractivity contribution is 5.84. The summed E-state index contributed by atoms with van der Waals surface area (Å²) < 4.78 is 0. The number of hydrogen-bond acceptors (Lipinski definition) is 3. The number of carboxylic acids is 1. The number of aryl methyl sites for hydroxylation is 1. The molecule has 0 bridgehead atoms. The summed E-state index contributed by atoms with van der Waals surface area (Å²) in [6.07, 6.45) is 2.15. The molecule has 1 fully saturated rings. The number of aromatic hydroxyl groups is 1. The molecule has 1 heterocycles. The second kappa shape index (κ2) is 5.73. The molecular formula is C14H17NO4. The first kappa shape index (κ1) is 13.4. The van der Waals surface area contributed by atoms with Crippen LogP contribution in [0.25, 0.3) is 0 Å². The number of aliphatic carboxylic acids is 1. The van der Waals surface area contributed by atoms with E-state index in [-0.39, 0.29) is 11.7 Å². The maximum Gasteiger partial charge on any atom is 0.326 e. The minimum absolute atomic E-state index is 0.113. The number of nitrogens with zero attached hydrogens (tertiary/aromatic N) is 1. The molecule has 1 aromatic rings. The zero-order valence-corrected chi connectivity index (χ0v) is 10.6. The van der Waals surface area contributed by atoms with Gasteiger partial charge in [-0.1, -0.05) is 12.1 Å². The van der Waals surface area contributed by atoms with Crippen molar-refractivity contribution < 1.29 is 19.8 Å². The van der Waals surface area contributed by atoms with Crippen molar-refractivity contribution in [2.75, 3.05) is 6.54 Å². The van der Waals surface area contributed by atoms with Crippen LogP contribution in [-0.4, -0.2) is 39.6 Å². The van der Waals surface area contributed by atoms with Crippen molar-refractivity contribution in [1.29, 1.82) is 0 Å². The van der Waals surface area contributed by atoms with Gasteiger partial charge in [-0.15, -0.1) is 0 Å². The van der Waals surface area contributed by atoms with Gasteiger partial charge in [-0.25, -0.2) is 4.79 Å². The molecule has 0 saturated carbocycles. The van der Waals surface area contributed by atoms with Crippen LogP contribution in [0, 0.1) is 0 Å². The first-order valence-corrected chi connectivity index (χ1v) is 6.38. The van der Waals surface area contributed by atoms with Crippen molar-refractivity contribution in [1.82, 2.24) is 4.90 Å². The predicted molar refractivity (Wildman–Crippen MR) is 68.8 cm³/mol. The van der Waals surface area contributed by atoms with Crippen LogP contribution in [0.2, 0.25) is 0 Å². The molecule has 1 saturated heterocycles. The van der Waals surface area contributed by atoms with Crippen LogP contribution in [0.1, 0.15) is 24.8 Å². The topological polar surface area (TPSA) is 77.8 Å². The number of likely N-dealkylation sites (tertiary alicyclic amines) is 1. The zero-order chi connectivity index (χ0) is 13.8. The third kappa shape index (κ3) is 3.24. The smallest absolute Gasteiger partial charge is 0.326 e. The predicted octanol–water partition coefficient (Wildman–Crippen LogP) is 1.40. The second-order valence-corrected chi connectivity index (χ2v) is 4.75. The van der Waals surface area contributed by atoms with E-state index in [1.165, 1.54) is 4.90 Å². The molecule has 0 spiro atoms. The lowest BCUT2D eigenvalue weighted by atomic mass is 10.1. The van der Waals surface area contributed by atoms with Crippen molar-refractivity contribution in [2.45, 2.75) is 31.7 Å². The number of amides is 1. The number of carbonyl (C=O) groups is 2. The van der Waals surface area contributed by atoms with Gasteiger partial charge in [0.2, 0.25) is 5.91 Å². The highest BCUT2D eigenvalue weighted by atomic mass is 16.4. The summed E-state index contributed by atoms with van der Waals surface area (Å²) in [4.78, 5) is 24.5. The Morgan fingerprint density at radius 3 is 2.58 bits per heavy atom. The van der Waals surface area contributed by atoms with Crippen LogP contribution in [0.5, 0.6) is 5.75 Å². The SMILES string of the molecule is O=C(O)C1CCCN1C(=O)CCc1ccc(O)cc1. The molecule has 5 nitrogen and oxygen atoms in total. The fourth-order valence-electron chi connectivity index (χ4n) is 2.38. The van der Waals surface area contributed by atoms with E-state index in [1.807, 2.05) is 0 Å². The molecule has 102 valence electrons. The number of phenolic OH excluding ortho intramolecular Hbond substituents is 1. The first-order valence-electron chi connectivity index (χ1n) is 6.38. The molecule has 5 heteroatoms. The standard InChI is InChI=1S/C14H17NO4/c16-11-6-3-10(4-7-11)5-8-13(17)15-9-1-2-12(15)14(18)19/h3-4,6-7,12,16H,1-2,5,8-9H2,(H,18,19). The average Bonchev–Trinajstić information content (AvgIpc) is 2.87. The van der Waals surface area contributed by atoms with Crippen molar-refractivity contribution in [2.24, 2.45) is 0 Å². The number of hydrogen-bond donors (Lipinski definition) is 2. The molecule has 0 radical (unpaired) electrons. The quantitative estimate of drug-likeness (QED) is 0.860. The molecule has 1 atom stereocenters. The van der Waals surface area contributed by atoms with Crippen LogP contribution >= 0.6 is 0 Å². The van der Waals surface area contributed by atoms with Gasteiger partial charge in [0.1, 0.15) is 11.8 Å². The molecule has 1 aliphatic heterocycles. The molecule has 1 amide bonds. The Bertz CT molecular complexity index is 469. The summed E-state index contributed by atoms with van der Waals surface area (Å²) in [6, 6.07) is 6.03. The number of carbonyl (C=O) groups excluding carboxylic acids is 1. The lowest BCUT2D eigenvalue weighted by Gasteiger charge is -2.21. The summed E-state index contributed by atoms with van der Waals surface area (Å²) in [6.45, 7) is 0.533. The lowest BCUT2D eigenvalue weighted by Crippen LogP contribution is -2.40. The number of phenols is 1. The van der Waals surface area contributed by atoms with Crippen LogP contribution in [0.15, 0.2) is 24.3 Å². The number of benzene rings is 1. The van der Waals surface area contributed by atoms with E-state index in [4.69, 9.17) is 10.2 Å². The van der Waals surface area contributed by atoms with E-state index < -0.39 is 12.0 Å². The Hall–Kier alpha value is -2.04.